The fraction of sp³-hybridized carbons (Fsp3) is 0.286. The summed E-state index contributed by atoms with van der Waals surface area (Å²) in [6.45, 7) is 2.06. The van der Waals surface area contributed by atoms with Crippen LogP contribution in [-0.4, -0.2) is 14.8 Å². The van der Waals surface area contributed by atoms with Gasteiger partial charge in [0.2, 0.25) is 0 Å². The van der Waals surface area contributed by atoms with Gasteiger partial charge in [0.25, 0.3) is 0 Å². The van der Waals surface area contributed by atoms with Crippen LogP contribution in [0.4, 0.5) is 0 Å². The summed E-state index contributed by atoms with van der Waals surface area (Å²) in [6, 6.07) is 2.04. The maximum Gasteiger partial charge on any atom is 0.159 e. The van der Waals surface area contributed by atoms with E-state index in [1.807, 2.05) is 24.0 Å². The molecule has 2 heterocycles. The van der Waals surface area contributed by atoms with E-state index in [-0.39, 0.29) is 0 Å². The minimum atomic E-state index is 0.972. The van der Waals surface area contributed by atoms with Gasteiger partial charge in [-0.05, 0) is 13.0 Å². The third kappa shape index (κ3) is 0.518. The van der Waals surface area contributed by atoms with E-state index in [9.17, 15) is 0 Å². The van der Waals surface area contributed by atoms with Gasteiger partial charge in [0.15, 0.2) is 5.65 Å². The monoisotopic (exact) mass is 135 g/mol. The fourth-order valence-electron chi connectivity index (χ4n) is 1.13. The van der Waals surface area contributed by atoms with Crippen LogP contribution < -0.4 is 0 Å². The van der Waals surface area contributed by atoms with Gasteiger partial charge in [-0.1, -0.05) is 0 Å². The van der Waals surface area contributed by atoms with Crippen molar-refractivity contribution in [3.63, 3.8) is 0 Å². The van der Waals surface area contributed by atoms with Crippen molar-refractivity contribution in [2.75, 3.05) is 0 Å². The van der Waals surface area contributed by atoms with E-state index in [1.165, 1.54) is 11.1 Å². The Morgan fingerprint density at radius 2 is 2.40 bits per heavy atom. The topological polar surface area (TPSA) is 33.6 Å². The zero-order valence-corrected chi connectivity index (χ0v) is 6.05. The van der Waals surface area contributed by atoms with E-state index in [4.69, 9.17) is 0 Å². The Labute approximate surface area is 58.7 Å². The quantitative estimate of drug-likeness (QED) is 0.578. The number of aromatic nitrogens is 3. The average molecular weight is 135 g/mol. The first-order valence-corrected chi connectivity index (χ1v) is 3.26. The largest absolute Gasteiger partial charge is 0.345 e. The molecule has 0 saturated heterocycles. The summed E-state index contributed by atoms with van der Waals surface area (Å²) in [5.41, 5.74) is 2.18. The van der Waals surface area contributed by atoms with Crippen molar-refractivity contribution in [2.24, 2.45) is 7.05 Å². The zero-order valence-electron chi connectivity index (χ0n) is 6.05. The van der Waals surface area contributed by atoms with Gasteiger partial charge < -0.3 is 4.98 Å². The molecule has 0 aliphatic heterocycles. The molecule has 0 aliphatic carbocycles. The predicted octanol–water partition coefficient (Wildman–Crippen LogP) is 1.21. The van der Waals surface area contributed by atoms with Crippen LogP contribution in [-0.2, 0) is 7.05 Å². The van der Waals surface area contributed by atoms with Crippen LogP contribution in [0.1, 0.15) is 5.69 Å². The molecule has 0 radical (unpaired) electrons. The van der Waals surface area contributed by atoms with Crippen molar-refractivity contribution < 1.29 is 0 Å². The number of hydrogen-bond donors (Lipinski definition) is 1. The molecule has 0 aliphatic rings. The van der Waals surface area contributed by atoms with Crippen LogP contribution in [0, 0.1) is 6.92 Å². The summed E-state index contributed by atoms with van der Waals surface area (Å²) < 4.78 is 1.88. The molecular formula is C7H9N3. The molecule has 52 valence electrons. The highest BCUT2D eigenvalue weighted by Crippen LogP contribution is 2.13. The maximum atomic E-state index is 4.23. The van der Waals surface area contributed by atoms with Gasteiger partial charge >= 0.3 is 0 Å². The van der Waals surface area contributed by atoms with E-state index in [0.717, 1.165) is 5.65 Å². The first-order chi connectivity index (χ1) is 4.79. The molecule has 0 atom stereocenters. The molecule has 10 heavy (non-hydrogen) atoms. The number of aryl methyl sites for hydroxylation is 2. The van der Waals surface area contributed by atoms with E-state index in [2.05, 4.69) is 17.0 Å². The van der Waals surface area contributed by atoms with E-state index >= 15 is 0 Å². The van der Waals surface area contributed by atoms with E-state index in [1.54, 1.807) is 0 Å². The summed E-state index contributed by atoms with van der Waals surface area (Å²) in [5.74, 6) is 0. The Bertz CT molecular complexity index is 356. The minimum absolute atomic E-state index is 0.972. The summed E-state index contributed by atoms with van der Waals surface area (Å²) >= 11 is 0. The summed E-state index contributed by atoms with van der Waals surface area (Å²) in [6.07, 6.45) is 1.91. The molecule has 1 N–H and O–H groups in total. The lowest BCUT2D eigenvalue weighted by molar-refractivity contribution is 0.747. The maximum absolute atomic E-state index is 4.23. The van der Waals surface area contributed by atoms with Gasteiger partial charge in [-0.3, -0.25) is 4.68 Å². The lowest BCUT2D eigenvalue weighted by atomic mass is 10.3. The summed E-state index contributed by atoms with van der Waals surface area (Å²) in [5, 5.41) is 5.44. The average Bonchev–Trinajstić information content (AvgIpc) is 2.41. The minimum Gasteiger partial charge on any atom is -0.345 e. The first kappa shape index (κ1) is 5.53. The van der Waals surface area contributed by atoms with Crippen LogP contribution in [0.5, 0.6) is 0 Å². The molecule has 2 aromatic heterocycles. The van der Waals surface area contributed by atoms with Crippen LogP contribution in [0.2, 0.25) is 0 Å². The van der Waals surface area contributed by atoms with Crippen molar-refractivity contribution in [2.45, 2.75) is 6.92 Å². The molecule has 0 fully saturated rings. The standard InChI is InChI=1S/C7H9N3/c1-5-6-3-4-8-7(6)9-10(5)2/h3-4H,1-2H3,(H,8,9). The van der Waals surface area contributed by atoms with Gasteiger partial charge in [0.1, 0.15) is 0 Å². The molecule has 0 unspecified atom stereocenters. The number of rotatable bonds is 0. The normalized spacial score (nSPS) is 11.0. The SMILES string of the molecule is Cc1c2cc[nH]c2nn1C. The second-order valence-corrected chi connectivity index (χ2v) is 2.45. The zero-order chi connectivity index (χ0) is 7.14. The molecule has 2 aromatic rings. The smallest absolute Gasteiger partial charge is 0.159 e. The predicted molar refractivity (Wildman–Crippen MR) is 39.8 cm³/mol. The van der Waals surface area contributed by atoms with Gasteiger partial charge in [0, 0.05) is 24.3 Å². The molecule has 2 rings (SSSR count). The van der Waals surface area contributed by atoms with E-state index < -0.39 is 0 Å². The first-order valence-electron chi connectivity index (χ1n) is 3.26. The van der Waals surface area contributed by atoms with Crippen molar-refractivity contribution >= 4 is 11.0 Å². The van der Waals surface area contributed by atoms with Gasteiger partial charge in [-0.15, -0.1) is 0 Å². The molecule has 0 bridgehead atoms. The number of fused-ring (bicyclic) bond motifs is 1. The number of nitrogens with zero attached hydrogens (tertiary/aromatic N) is 2. The van der Waals surface area contributed by atoms with Gasteiger partial charge in [-0.25, -0.2) is 0 Å². The Morgan fingerprint density at radius 1 is 1.60 bits per heavy atom. The Hall–Kier alpha value is -1.25. The Balaban J connectivity index is 2.95. The van der Waals surface area contributed by atoms with Crippen molar-refractivity contribution in [3.8, 4) is 0 Å². The number of aromatic amines is 1. The van der Waals surface area contributed by atoms with Crippen LogP contribution in [0.3, 0.4) is 0 Å². The number of H-pyrrole nitrogens is 1. The molecular weight excluding hydrogens is 126 g/mol. The lowest BCUT2D eigenvalue weighted by Crippen LogP contribution is -1.91. The summed E-state index contributed by atoms with van der Waals surface area (Å²) in [7, 11) is 1.95. The highest BCUT2D eigenvalue weighted by atomic mass is 15.3. The van der Waals surface area contributed by atoms with Crippen LogP contribution in [0.25, 0.3) is 11.0 Å². The summed E-state index contributed by atoms with van der Waals surface area (Å²) in [4.78, 5) is 3.05. The lowest BCUT2D eigenvalue weighted by Gasteiger charge is -1.89. The third-order valence-electron chi connectivity index (χ3n) is 1.85. The van der Waals surface area contributed by atoms with Crippen molar-refractivity contribution in [3.05, 3.63) is 18.0 Å². The third-order valence-corrected chi connectivity index (χ3v) is 1.85. The van der Waals surface area contributed by atoms with Crippen molar-refractivity contribution in [1.82, 2.24) is 14.8 Å². The van der Waals surface area contributed by atoms with Gasteiger partial charge in [0.05, 0.1) is 0 Å². The van der Waals surface area contributed by atoms with Crippen LogP contribution >= 0.6 is 0 Å². The molecule has 0 aromatic carbocycles. The highest BCUT2D eigenvalue weighted by Gasteiger charge is 2.02. The number of hydrogen-bond acceptors (Lipinski definition) is 1. The van der Waals surface area contributed by atoms with Crippen molar-refractivity contribution in [1.29, 1.82) is 0 Å². The fourth-order valence-corrected chi connectivity index (χ4v) is 1.13. The van der Waals surface area contributed by atoms with Crippen LogP contribution in [0.15, 0.2) is 12.3 Å². The highest BCUT2D eigenvalue weighted by molar-refractivity contribution is 5.78. The molecule has 3 heteroatoms. The van der Waals surface area contributed by atoms with Gasteiger partial charge in [-0.2, -0.15) is 5.10 Å². The Kier molecular flexibility index (Phi) is 0.897. The second-order valence-electron chi connectivity index (χ2n) is 2.45. The molecule has 0 saturated carbocycles. The molecule has 0 spiro atoms. The number of nitrogens with one attached hydrogen (secondary N) is 1. The molecule has 3 nitrogen and oxygen atoms in total. The van der Waals surface area contributed by atoms with E-state index in [0.29, 0.717) is 0 Å². The Morgan fingerprint density at radius 3 is 3.10 bits per heavy atom. The second kappa shape index (κ2) is 1.62. The molecule has 0 amide bonds.